The molecule has 20 heavy (non-hydrogen) atoms. The molecule has 0 amide bonds. The molecule has 0 unspecified atom stereocenters. The van der Waals surface area contributed by atoms with Gasteiger partial charge in [0.15, 0.2) is 0 Å². The van der Waals surface area contributed by atoms with Gasteiger partial charge in [-0.2, -0.15) is 5.10 Å². The minimum atomic E-state index is 0.268. The van der Waals surface area contributed by atoms with Crippen molar-refractivity contribution in [3.05, 3.63) is 48.4 Å². The van der Waals surface area contributed by atoms with Gasteiger partial charge < -0.3 is 5.11 Å². The van der Waals surface area contributed by atoms with E-state index in [4.69, 9.17) is 0 Å². The quantitative estimate of drug-likeness (QED) is 0.797. The summed E-state index contributed by atoms with van der Waals surface area (Å²) in [5, 5.41) is 15.2. The fraction of sp³-hybridized carbons (Fsp3) is 0.200. The van der Waals surface area contributed by atoms with Crippen LogP contribution in [0.25, 0.3) is 5.52 Å². The van der Waals surface area contributed by atoms with Gasteiger partial charge in [0.05, 0.1) is 16.1 Å². The number of para-hydroxylation sites is 1. The van der Waals surface area contributed by atoms with Gasteiger partial charge in [0.25, 0.3) is 0 Å². The monoisotopic (exact) mass is 285 g/mol. The van der Waals surface area contributed by atoms with Crippen molar-refractivity contribution in [3.63, 3.8) is 0 Å². The molecule has 0 atom stereocenters. The normalized spacial score (nSPS) is 11.3. The van der Waals surface area contributed by atoms with Crippen LogP contribution in [-0.4, -0.2) is 19.7 Å². The molecule has 0 aliphatic rings. The summed E-state index contributed by atoms with van der Waals surface area (Å²) >= 11 is 1.45. The maximum absolute atomic E-state index is 9.87. The van der Waals surface area contributed by atoms with Crippen LogP contribution < -0.4 is 0 Å². The zero-order valence-corrected chi connectivity index (χ0v) is 12.1. The number of hydrogen-bond donors (Lipinski definition) is 1. The number of phenols is 1. The summed E-state index contributed by atoms with van der Waals surface area (Å²) in [7, 11) is 0. The first kappa shape index (κ1) is 13.0. The molecule has 3 aromatic rings. The number of fused-ring (bicyclic) bond motifs is 1. The SMILES string of the molecule is CC(C)c1cc2c(Sc3ccccc3O)nccn2n1. The minimum absolute atomic E-state index is 0.268. The number of aromatic nitrogens is 3. The maximum atomic E-state index is 9.87. The number of rotatable bonds is 3. The van der Waals surface area contributed by atoms with Crippen LogP contribution in [0.15, 0.2) is 52.6 Å². The predicted molar refractivity (Wildman–Crippen MR) is 79.3 cm³/mol. The molecule has 102 valence electrons. The first-order chi connectivity index (χ1) is 9.65. The third-order valence-corrected chi connectivity index (χ3v) is 4.11. The van der Waals surface area contributed by atoms with Crippen molar-refractivity contribution in [2.24, 2.45) is 0 Å². The van der Waals surface area contributed by atoms with Gasteiger partial charge in [-0.1, -0.05) is 37.7 Å². The molecule has 0 fully saturated rings. The van der Waals surface area contributed by atoms with E-state index in [-0.39, 0.29) is 5.75 Å². The van der Waals surface area contributed by atoms with Crippen LogP contribution in [0, 0.1) is 0 Å². The molecule has 1 N–H and O–H groups in total. The van der Waals surface area contributed by atoms with Crippen molar-refractivity contribution >= 4 is 17.3 Å². The van der Waals surface area contributed by atoms with Gasteiger partial charge in [0.2, 0.25) is 0 Å². The number of aromatic hydroxyl groups is 1. The van der Waals surface area contributed by atoms with E-state index in [2.05, 4.69) is 30.0 Å². The Balaban J connectivity index is 2.05. The van der Waals surface area contributed by atoms with Gasteiger partial charge >= 0.3 is 0 Å². The third-order valence-electron chi connectivity index (χ3n) is 3.04. The molecule has 2 heterocycles. The van der Waals surface area contributed by atoms with E-state index in [1.165, 1.54) is 11.8 Å². The standard InChI is InChI=1S/C15H15N3OS/c1-10(2)11-9-12-15(16-7-8-18(12)17-11)20-14-6-4-3-5-13(14)19/h3-10,19H,1-2H3. The van der Waals surface area contributed by atoms with Gasteiger partial charge in [-0.05, 0) is 24.1 Å². The molecule has 0 spiro atoms. The third kappa shape index (κ3) is 2.36. The van der Waals surface area contributed by atoms with E-state index in [9.17, 15) is 5.11 Å². The Hall–Kier alpha value is -2.01. The highest BCUT2D eigenvalue weighted by Crippen LogP contribution is 2.35. The van der Waals surface area contributed by atoms with Gasteiger partial charge in [-0.25, -0.2) is 9.50 Å². The molecule has 0 bridgehead atoms. The van der Waals surface area contributed by atoms with Gasteiger partial charge in [0.1, 0.15) is 10.8 Å². The number of hydrogen-bond acceptors (Lipinski definition) is 4. The van der Waals surface area contributed by atoms with Crippen molar-refractivity contribution in [1.82, 2.24) is 14.6 Å². The van der Waals surface area contributed by atoms with E-state index in [1.807, 2.05) is 28.9 Å². The van der Waals surface area contributed by atoms with Crippen molar-refractivity contribution in [2.45, 2.75) is 29.7 Å². The molecule has 3 rings (SSSR count). The zero-order valence-electron chi connectivity index (χ0n) is 11.3. The lowest BCUT2D eigenvalue weighted by molar-refractivity contribution is 0.462. The fourth-order valence-electron chi connectivity index (χ4n) is 1.93. The number of phenolic OH excluding ortho intramolecular Hbond substituents is 1. The van der Waals surface area contributed by atoms with Crippen LogP contribution in [0.4, 0.5) is 0 Å². The van der Waals surface area contributed by atoms with Crippen molar-refractivity contribution < 1.29 is 5.11 Å². The lowest BCUT2D eigenvalue weighted by Crippen LogP contribution is -1.92. The summed E-state index contributed by atoms with van der Waals surface area (Å²) in [6, 6.07) is 9.32. The molecule has 4 nitrogen and oxygen atoms in total. The van der Waals surface area contributed by atoms with Crippen LogP contribution in [0.3, 0.4) is 0 Å². The Kier molecular flexibility index (Phi) is 3.36. The Bertz CT molecular complexity index is 752. The highest BCUT2D eigenvalue weighted by molar-refractivity contribution is 7.99. The van der Waals surface area contributed by atoms with Crippen molar-refractivity contribution in [3.8, 4) is 5.75 Å². The summed E-state index contributed by atoms with van der Waals surface area (Å²) in [4.78, 5) is 5.20. The van der Waals surface area contributed by atoms with Crippen LogP contribution in [0.1, 0.15) is 25.5 Å². The summed E-state index contributed by atoms with van der Waals surface area (Å²) in [5.41, 5.74) is 2.00. The zero-order chi connectivity index (χ0) is 14.1. The molecular formula is C15H15N3OS. The van der Waals surface area contributed by atoms with E-state index in [1.54, 1.807) is 12.3 Å². The average Bonchev–Trinajstić information content (AvgIpc) is 2.86. The van der Waals surface area contributed by atoms with Crippen LogP contribution in [0.5, 0.6) is 5.75 Å². The molecular weight excluding hydrogens is 270 g/mol. The topological polar surface area (TPSA) is 50.4 Å². The van der Waals surface area contributed by atoms with E-state index >= 15 is 0 Å². The van der Waals surface area contributed by atoms with Crippen molar-refractivity contribution in [2.75, 3.05) is 0 Å². The summed E-state index contributed by atoms with van der Waals surface area (Å²) < 4.78 is 1.84. The van der Waals surface area contributed by atoms with E-state index in [0.29, 0.717) is 5.92 Å². The Morgan fingerprint density at radius 1 is 1.25 bits per heavy atom. The van der Waals surface area contributed by atoms with E-state index < -0.39 is 0 Å². The average molecular weight is 285 g/mol. The molecule has 0 aliphatic carbocycles. The molecule has 0 saturated carbocycles. The highest BCUT2D eigenvalue weighted by atomic mass is 32.2. The molecule has 0 aliphatic heterocycles. The van der Waals surface area contributed by atoms with Gasteiger partial charge in [-0.15, -0.1) is 0 Å². The Morgan fingerprint density at radius 2 is 2.05 bits per heavy atom. The van der Waals surface area contributed by atoms with Crippen LogP contribution in [0.2, 0.25) is 0 Å². The van der Waals surface area contributed by atoms with E-state index in [0.717, 1.165) is 21.1 Å². The molecule has 1 aromatic carbocycles. The lowest BCUT2D eigenvalue weighted by Gasteiger charge is -2.04. The summed E-state index contributed by atoms with van der Waals surface area (Å²) in [5.74, 6) is 0.641. The maximum Gasteiger partial charge on any atom is 0.129 e. The molecule has 0 radical (unpaired) electrons. The molecule has 5 heteroatoms. The second-order valence-electron chi connectivity index (χ2n) is 4.86. The number of benzene rings is 1. The summed E-state index contributed by atoms with van der Waals surface area (Å²) in [6.45, 7) is 4.23. The Morgan fingerprint density at radius 3 is 2.80 bits per heavy atom. The fourth-order valence-corrected chi connectivity index (χ4v) is 2.82. The minimum Gasteiger partial charge on any atom is -0.507 e. The van der Waals surface area contributed by atoms with Crippen LogP contribution in [-0.2, 0) is 0 Å². The Labute approximate surface area is 121 Å². The van der Waals surface area contributed by atoms with Crippen LogP contribution >= 0.6 is 11.8 Å². The first-order valence-electron chi connectivity index (χ1n) is 6.45. The molecule has 0 saturated heterocycles. The van der Waals surface area contributed by atoms with Crippen molar-refractivity contribution in [1.29, 1.82) is 0 Å². The van der Waals surface area contributed by atoms with Gasteiger partial charge in [-0.3, -0.25) is 0 Å². The second kappa shape index (κ2) is 5.17. The lowest BCUT2D eigenvalue weighted by atomic mass is 10.1. The largest absolute Gasteiger partial charge is 0.507 e. The van der Waals surface area contributed by atoms with Gasteiger partial charge in [0, 0.05) is 12.4 Å². The number of nitrogens with zero attached hydrogens (tertiary/aromatic N) is 3. The molecule has 2 aromatic heterocycles. The predicted octanol–water partition coefficient (Wildman–Crippen LogP) is 3.71. The second-order valence-corrected chi connectivity index (χ2v) is 5.89. The smallest absolute Gasteiger partial charge is 0.129 e. The summed E-state index contributed by atoms with van der Waals surface area (Å²) in [6.07, 6.45) is 3.57. The highest BCUT2D eigenvalue weighted by Gasteiger charge is 2.12. The first-order valence-corrected chi connectivity index (χ1v) is 7.27.